The first-order valence-electron chi connectivity index (χ1n) is 10.2. The van der Waals surface area contributed by atoms with Crippen molar-refractivity contribution < 1.29 is 4.79 Å². The zero-order chi connectivity index (χ0) is 21.4. The summed E-state index contributed by atoms with van der Waals surface area (Å²) in [5, 5.41) is 9.85. The summed E-state index contributed by atoms with van der Waals surface area (Å²) in [6.07, 6.45) is 1.06. The highest BCUT2D eigenvalue weighted by Gasteiger charge is 2.14. The van der Waals surface area contributed by atoms with Gasteiger partial charge in [0.2, 0.25) is 5.91 Å². The van der Waals surface area contributed by atoms with Crippen LogP contribution in [0, 0.1) is 19.8 Å². The molecular formula is C24H33N3OS. The van der Waals surface area contributed by atoms with E-state index in [0.29, 0.717) is 24.1 Å². The summed E-state index contributed by atoms with van der Waals surface area (Å²) in [4.78, 5) is 12.4. The molecule has 2 rings (SSSR count). The van der Waals surface area contributed by atoms with Crippen LogP contribution in [0.4, 0.5) is 5.69 Å². The molecule has 0 bridgehead atoms. The molecule has 0 aliphatic carbocycles. The third-order valence-electron chi connectivity index (χ3n) is 4.71. The summed E-state index contributed by atoms with van der Waals surface area (Å²) in [6.45, 7) is 11.6. The number of thiocarbonyl (C=S) groups is 1. The van der Waals surface area contributed by atoms with Gasteiger partial charge in [0.25, 0.3) is 0 Å². The lowest BCUT2D eigenvalue weighted by Crippen LogP contribution is -2.38. The number of hydrogen-bond donors (Lipinski definition) is 3. The van der Waals surface area contributed by atoms with Crippen molar-refractivity contribution in [2.75, 3.05) is 18.4 Å². The van der Waals surface area contributed by atoms with Gasteiger partial charge < -0.3 is 16.0 Å². The molecule has 0 saturated heterocycles. The van der Waals surface area contributed by atoms with Crippen LogP contribution in [0.15, 0.2) is 42.5 Å². The number of amides is 1. The third-order valence-corrected chi connectivity index (χ3v) is 4.95. The molecule has 0 spiro atoms. The van der Waals surface area contributed by atoms with Crippen molar-refractivity contribution >= 4 is 28.9 Å². The monoisotopic (exact) mass is 411 g/mol. The quantitative estimate of drug-likeness (QED) is 0.435. The van der Waals surface area contributed by atoms with Gasteiger partial charge in [-0.3, -0.25) is 4.79 Å². The molecule has 0 aromatic heterocycles. The highest BCUT2D eigenvalue weighted by molar-refractivity contribution is 7.80. The minimum Gasteiger partial charge on any atom is -0.361 e. The Morgan fingerprint density at radius 3 is 2.10 bits per heavy atom. The van der Waals surface area contributed by atoms with Gasteiger partial charge >= 0.3 is 0 Å². The molecule has 2 aromatic rings. The number of carbonyl (C=O) groups is 1. The van der Waals surface area contributed by atoms with Crippen LogP contribution in [0.1, 0.15) is 48.9 Å². The van der Waals surface area contributed by atoms with E-state index in [1.54, 1.807) is 0 Å². The zero-order valence-electron chi connectivity index (χ0n) is 18.1. The SMILES string of the molecule is Cc1cc(C)cc(NC(=S)NCCNC(=O)C(C)c2ccc(CC(C)C)cc2)c1. The Bertz CT molecular complexity index is 810. The van der Waals surface area contributed by atoms with Crippen molar-refractivity contribution in [3.05, 3.63) is 64.7 Å². The van der Waals surface area contributed by atoms with Crippen LogP contribution >= 0.6 is 12.2 Å². The van der Waals surface area contributed by atoms with Gasteiger partial charge in [0.15, 0.2) is 5.11 Å². The van der Waals surface area contributed by atoms with Gasteiger partial charge in [-0.2, -0.15) is 0 Å². The molecule has 3 N–H and O–H groups in total. The van der Waals surface area contributed by atoms with Gasteiger partial charge in [-0.25, -0.2) is 0 Å². The number of rotatable bonds is 8. The van der Waals surface area contributed by atoms with E-state index in [9.17, 15) is 4.79 Å². The fraction of sp³-hybridized carbons (Fsp3) is 0.417. The van der Waals surface area contributed by atoms with Crippen molar-refractivity contribution in [3.63, 3.8) is 0 Å². The average Bonchev–Trinajstić information content (AvgIpc) is 2.63. The molecule has 0 heterocycles. The lowest BCUT2D eigenvalue weighted by atomic mass is 9.96. The summed E-state index contributed by atoms with van der Waals surface area (Å²) < 4.78 is 0. The Hall–Kier alpha value is -2.40. The Morgan fingerprint density at radius 2 is 1.52 bits per heavy atom. The first-order valence-corrected chi connectivity index (χ1v) is 10.6. The lowest BCUT2D eigenvalue weighted by molar-refractivity contribution is -0.122. The molecule has 29 heavy (non-hydrogen) atoms. The summed E-state index contributed by atoms with van der Waals surface area (Å²) in [5.41, 5.74) is 5.70. The second-order valence-electron chi connectivity index (χ2n) is 8.11. The standard InChI is InChI=1S/C24H33N3OS/c1-16(2)12-20-6-8-21(9-7-20)19(5)23(28)25-10-11-26-24(29)27-22-14-17(3)13-18(4)15-22/h6-9,13-16,19H,10-12H2,1-5H3,(H,25,28)(H2,26,27,29). The molecular weight excluding hydrogens is 378 g/mol. The minimum atomic E-state index is -0.177. The number of hydrogen-bond acceptors (Lipinski definition) is 2. The van der Waals surface area contributed by atoms with Crippen molar-refractivity contribution in [3.8, 4) is 0 Å². The Labute approximate surface area is 180 Å². The number of benzene rings is 2. The largest absolute Gasteiger partial charge is 0.361 e. The van der Waals surface area contributed by atoms with Crippen molar-refractivity contribution in [2.45, 2.75) is 47.0 Å². The summed E-state index contributed by atoms with van der Waals surface area (Å²) >= 11 is 5.34. The van der Waals surface area contributed by atoms with Crippen LogP contribution in [0.25, 0.3) is 0 Å². The maximum atomic E-state index is 12.4. The van der Waals surface area contributed by atoms with Gasteiger partial charge in [-0.05, 0) is 79.7 Å². The normalized spacial score (nSPS) is 11.8. The molecule has 1 amide bonds. The lowest BCUT2D eigenvalue weighted by Gasteiger charge is -2.15. The molecule has 0 aliphatic heterocycles. The molecule has 0 saturated carbocycles. The number of nitrogens with one attached hydrogen (secondary N) is 3. The topological polar surface area (TPSA) is 53.2 Å². The maximum absolute atomic E-state index is 12.4. The van der Waals surface area contributed by atoms with Crippen molar-refractivity contribution in [2.24, 2.45) is 5.92 Å². The smallest absolute Gasteiger partial charge is 0.227 e. The number of anilines is 1. The number of aryl methyl sites for hydroxylation is 2. The van der Waals surface area contributed by atoms with Crippen molar-refractivity contribution in [1.82, 2.24) is 10.6 Å². The fourth-order valence-corrected chi connectivity index (χ4v) is 3.52. The van der Waals surface area contributed by atoms with E-state index < -0.39 is 0 Å². The van der Waals surface area contributed by atoms with Crippen LogP contribution in [-0.2, 0) is 11.2 Å². The van der Waals surface area contributed by atoms with E-state index in [2.05, 4.69) is 86.1 Å². The van der Waals surface area contributed by atoms with Crippen LogP contribution in [0.2, 0.25) is 0 Å². The first kappa shape index (κ1) is 22.9. The van der Waals surface area contributed by atoms with E-state index in [-0.39, 0.29) is 11.8 Å². The number of carbonyl (C=O) groups excluding carboxylic acids is 1. The third kappa shape index (κ3) is 7.86. The van der Waals surface area contributed by atoms with Gasteiger partial charge in [0.05, 0.1) is 5.92 Å². The molecule has 5 heteroatoms. The molecule has 1 unspecified atom stereocenters. The summed E-state index contributed by atoms with van der Waals surface area (Å²) in [6, 6.07) is 14.6. The second kappa shape index (κ2) is 11.0. The second-order valence-corrected chi connectivity index (χ2v) is 8.52. The predicted molar refractivity (Wildman–Crippen MR) is 127 cm³/mol. The van der Waals surface area contributed by atoms with E-state index in [4.69, 9.17) is 12.2 Å². The van der Waals surface area contributed by atoms with Crippen molar-refractivity contribution in [1.29, 1.82) is 0 Å². The highest BCUT2D eigenvalue weighted by atomic mass is 32.1. The van der Waals surface area contributed by atoms with Gasteiger partial charge in [-0.1, -0.05) is 44.2 Å². The molecule has 156 valence electrons. The summed E-state index contributed by atoms with van der Waals surface area (Å²) in [7, 11) is 0. The Morgan fingerprint density at radius 1 is 0.931 bits per heavy atom. The van der Waals surface area contributed by atoms with Gasteiger partial charge in [0, 0.05) is 18.8 Å². The molecule has 0 aliphatic rings. The van der Waals surface area contributed by atoms with Crippen LogP contribution in [-0.4, -0.2) is 24.1 Å². The molecule has 4 nitrogen and oxygen atoms in total. The van der Waals surface area contributed by atoms with Gasteiger partial charge in [-0.15, -0.1) is 0 Å². The van der Waals surface area contributed by atoms with E-state index >= 15 is 0 Å². The first-order chi connectivity index (χ1) is 13.7. The molecule has 0 radical (unpaired) electrons. The minimum absolute atomic E-state index is 0.0246. The Kier molecular flexibility index (Phi) is 8.65. The van der Waals surface area contributed by atoms with Crippen LogP contribution in [0.3, 0.4) is 0 Å². The highest BCUT2D eigenvalue weighted by Crippen LogP contribution is 2.17. The predicted octanol–water partition coefficient (Wildman–Crippen LogP) is 4.71. The van der Waals surface area contributed by atoms with Gasteiger partial charge in [0.1, 0.15) is 0 Å². The van der Waals surface area contributed by atoms with Crippen LogP contribution < -0.4 is 16.0 Å². The van der Waals surface area contributed by atoms with Crippen LogP contribution in [0.5, 0.6) is 0 Å². The maximum Gasteiger partial charge on any atom is 0.227 e. The van der Waals surface area contributed by atoms with E-state index in [1.165, 1.54) is 16.7 Å². The molecule has 0 fully saturated rings. The molecule has 2 aromatic carbocycles. The molecule has 1 atom stereocenters. The fourth-order valence-electron chi connectivity index (χ4n) is 3.30. The van der Waals surface area contributed by atoms with E-state index in [0.717, 1.165) is 17.7 Å². The average molecular weight is 412 g/mol. The Balaban J connectivity index is 1.73. The van der Waals surface area contributed by atoms with E-state index in [1.807, 2.05) is 6.92 Å². The summed E-state index contributed by atoms with van der Waals surface area (Å²) in [5.74, 6) is 0.476. The zero-order valence-corrected chi connectivity index (χ0v) is 19.0.